The molecule has 0 aromatic heterocycles. The van der Waals surface area contributed by atoms with Gasteiger partial charge in [-0.15, -0.1) is 0 Å². The summed E-state index contributed by atoms with van der Waals surface area (Å²) in [7, 11) is 0. The molecule has 0 spiro atoms. The molecule has 1 rings (SSSR count). The summed E-state index contributed by atoms with van der Waals surface area (Å²) in [6.07, 6.45) is 0. The highest BCUT2D eigenvalue weighted by Gasteiger charge is 2.18. The number of rotatable bonds is 0. The Hall–Kier alpha value is 0.0400. The van der Waals surface area contributed by atoms with Gasteiger partial charge in [-0.05, 0) is 19.1 Å². The molecule has 2 N–H and O–H groups in total. The van der Waals surface area contributed by atoms with Crippen LogP contribution in [0.3, 0.4) is 0 Å². The van der Waals surface area contributed by atoms with Crippen molar-refractivity contribution < 1.29 is 0 Å². The average Bonchev–Trinajstić information content (AvgIpc) is 1.88. The maximum Gasteiger partial charge on any atom is 0.166 e. The Kier molecular flexibility index (Phi) is 2.80. The molecule has 0 aromatic rings. The first-order chi connectivity index (χ1) is 4.72. The van der Waals surface area contributed by atoms with Crippen LogP contribution in [-0.2, 0) is 0 Å². The van der Waals surface area contributed by atoms with E-state index in [-0.39, 0.29) is 0 Å². The zero-order valence-electron chi connectivity index (χ0n) is 6.04. The predicted octanol–water partition coefficient (Wildman–Crippen LogP) is 0.667. The Balaban J connectivity index is 2.47. The Morgan fingerprint density at radius 2 is 2.50 bits per heavy atom. The molecule has 0 saturated carbocycles. The Morgan fingerprint density at radius 1 is 1.80 bits per heavy atom. The summed E-state index contributed by atoms with van der Waals surface area (Å²) < 4.78 is 0. The molecule has 1 atom stereocenters. The van der Waals surface area contributed by atoms with Gasteiger partial charge in [0.15, 0.2) is 5.11 Å². The highest BCUT2D eigenvalue weighted by molar-refractivity contribution is 7.99. The molecular weight excluding hydrogens is 164 g/mol. The smallest absolute Gasteiger partial charge is 0.166 e. The number of thioether (sulfide) groups is 1. The van der Waals surface area contributed by atoms with Gasteiger partial charge in [0.2, 0.25) is 0 Å². The maximum absolute atomic E-state index is 5.51. The lowest BCUT2D eigenvalue weighted by Crippen LogP contribution is -2.46. The molecular formula is C6H12N2S2. The molecule has 0 bridgehead atoms. The van der Waals surface area contributed by atoms with Gasteiger partial charge in [0.1, 0.15) is 0 Å². The molecule has 0 radical (unpaired) electrons. The minimum absolute atomic E-state index is 0.524. The van der Waals surface area contributed by atoms with Gasteiger partial charge >= 0.3 is 0 Å². The van der Waals surface area contributed by atoms with Crippen LogP contribution in [0.2, 0.25) is 0 Å². The summed E-state index contributed by atoms with van der Waals surface area (Å²) in [4.78, 5) is 2.09. The first kappa shape index (κ1) is 8.14. The second kappa shape index (κ2) is 3.44. The van der Waals surface area contributed by atoms with Crippen molar-refractivity contribution in [2.45, 2.75) is 13.0 Å². The van der Waals surface area contributed by atoms with Crippen LogP contribution in [0.4, 0.5) is 0 Å². The van der Waals surface area contributed by atoms with Gasteiger partial charge in [0.25, 0.3) is 0 Å². The Bertz CT molecular complexity index is 138. The van der Waals surface area contributed by atoms with Gasteiger partial charge < -0.3 is 10.6 Å². The van der Waals surface area contributed by atoms with Gasteiger partial charge in [0, 0.05) is 24.1 Å². The van der Waals surface area contributed by atoms with Gasteiger partial charge in [0.05, 0.1) is 0 Å². The molecule has 58 valence electrons. The van der Waals surface area contributed by atoms with Crippen LogP contribution in [0.1, 0.15) is 6.92 Å². The average molecular weight is 176 g/mol. The zero-order chi connectivity index (χ0) is 7.56. The third-order valence-electron chi connectivity index (χ3n) is 1.65. The summed E-state index contributed by atoms with van der Waals surface area (Å²) >= 11 is 6.85. The topological polar surface area (TPSA) is 29.3 Å². The van der Waals surface area contributed by atoms with E-state index in [1.54, 1.807) is 0 Å². The fourth-order valence-electron chi connectivity index (χ4n) is 1.05. The third-order valence-corrected chi connectivity index (χ3v) is 3.07. The van der Waals surface area contributed by atoms with Gasteiger partial charge in [-0.1, -0.05) is 0 Å². The van der Waals surface area contributed by atoms with Crippen LogP contribution in [0.25, 0.3) is 0 Å². The third kappa shape index (κ3) is 1.76. The highest BCUT2D eigenvalue weighted by Crippen LogP contribution is 2.14. The second-order valence-electron chi connectivity index (χ2n) is 2.46. The molecule has 10 heavy (non-hydrogen) atoms. The van der Waals surface area contributed by atoms with E-state index in [4.69, 9.17) is 18.0 Å². The Labute approximate surface area is 71.1 Å². The molecule has 0 aromatic carbocycles. The fraction of sp³-hybridized carbons (Fsp3) is 0.833. The second-order valence-corrected chi connectivity index (χ2v) is 4.02. The van der Waals surface area contributed by atoms with E-state index in [9.17, 15) is 0 Å². The minimum Gasteiger partial charge on any atom is -0.376 e. The lowest BCUT2D eigenvalue weighted by Gasteiger charge is -2.33. The molecule has 1 saturated heterocycles. The Morgan fingerprint density at radius 3 is 2.90 bits per heavy atom. The van der Waals surface area contributed by atoms with Crippen molar-refractivity contribution in [3.63, 3.8) is 0 Å². The van der Waals surface area contributed by atoms with E-state index in [1.165, 1.54) is 0 Å². The van der Waals surface area contributed by atoms with E-state index >= 15 is 0 Å². The number of nitrogens with two attached hydrogens (primary N) is 1. The van der Waals surface area contributed by atoms with Crippen molar-refractivity contribution in [3.8, 4) is 0 Å². The maximum atomic E-state index is 5.51. The van der Waals surface area contributed by atoms with Crippen LogP contribution in [0.15, 0.2) is 0 Å². The summed E-state index contributed by atoms with van der Waals surface area (Å²) in [5.41, 5.74) is 5.51. The first-order valence-corrected chi connectivity index (χ1v) is 4.92. The fourth-order valence-corrected chi connectivity index (χ4v) is 2.34. The number of nitrogens with zero attached hydrogens (tertiary/aromatic N) is 1. The summed E-state index contributed by atoms with van der Waals surface area (Å²) in [5.74, 6) is 2.30. The van der Waals surface area contributed by atoms with Crippen LogP contribution in [0.5, 0.6) is 0 Å². The number of thiocarbonyl (C=S) groups is 1. The normalized spacial score (nSPS) is 26.5. The molecule has 1 aliphatic rings. The van der Waals surface area contributed by atoms with E-state index < -0.39 is 0 Å². The molecule has 2 nitrogen and oxygen atoms in total. The molecule has 0 aliphatic carbocycles. The number of hydrogen-bond acceptors (Lipinski definition) is 2. The molecule has 1 unspecified atom stereocenters. The van der Waals surface area contributed by atoms with E-state index in [0.717, 1.165) is 18.1 Å². The number of hydrogen-bond donors (Lipinski definition) is 1. The van der Waals surface area contributed by atoms with E-state index in [0.29, 0.717) is 11.2 Å². The van der Waals surface area contributed by atoms with Crippen molar-refractivity contribution >= 4 is 29.1 Å². The summed E-state index contributed by atoms with van der Waals surface area (Å²) in [5, 5.41) is 0.549. The van der Waals surface area contributed by atoms with Crippen LogP contribution >= 0.6 is 24.0 Å². The van der Waals surface area contributed by atoms with E-state index in [1.807, 2.05) is 11.8 Å². The van der Waals surface area contributed by atoms with Gasteiger partial charge in [-0.2, -0.15) is 11.8 Å². The summed E-state index contributed by atoms with van der Waals surface area (Å²) in [6.45, 7) is 3.17. The lowest BCUT2D eigenvalue weighted by molar-refractivity contribution is 0.368. The summed E-state index contributed by atoms with van der Waals surface area (Å²) in [6, 6.07) is 0.524. The van der Waals surface area contributed by atoms with E-state index in [2.05, 4.69) is 11.8 Å². The van der Waals surface area contributed by atoms with Gasteiger partial charge in [-0.25, -0.2) is 0 Å². The van der Waals surface area contributed by atoms with Crippen molar-refractivity contribution in [1.29, 1.82) is 0 Å². The monoisotopic (exact) mass is 176 g/mol. The highest BCUT2D eigenvalue weighted by atomic mass is 32.2. The van der Waals surface area contributed by atoms with Crippen molar-refractivity contribution in [2.24, 2.45) is 5.73 Å². The van der Waals surface area contributed by atoms with Crippen LogP contribution < -0.4 is 5.73 Å². The molecule has 0 amide bonds. The van der Waals surface area contributed by atoms with Crippen molar-refractivity contribution in [1.82, 2.24) is 4.90 Å². The van der Waals surface area contributed by atoms with Gasteiger partial charge in [-0.3, -0.25) is 0 Å². The van der Waals surface area contributed by atoms with Crippen LogP contribution in [-0.4, -0.2) is 34.1 Å². The largest absolute Gasteiger partial charge is 0.376 e. The molecule has 1 heterocycles. The quantitative estimate of drug-likeness (QED) is 0.549. The minimum atomic E-state index is 0.524. The van der Waals surface area contributed by atoms with Crippen molar-refractivity contribution in [2.75, 3.05) is 18.1 Å². The molecule has 4 heteroatoms. The van der Waals surface area contributed by atoms with Crippen LogP contribution in [0, 0.1) is 0 Å². The zero-order valence-corrected chi connectivity index (χ0v) is 7.67. The predicted molar refractivity (Wildman–Crippen MR) is 50.3 cm³/mol. The first-order valence-electron chi connectivity index (χ1n) is 3.35. The molecule has 1 fully saturated rings. The standard InChI is InChI=1S/C6H12N2S2/c1-5-4-10-3-2-8(5)6(7)9/h5H,2-4H2,1H3,(H2,7,9). The lowest BCUT2D eigenvalue weighted by atomic mass is 10.3. The van der Waals surface area contributed by atoms with Crippen molar-refractivity contribution in [3.05, 3.63) is 0 Å². The molecule has 1 aliphatic heterocycles. The SMILES string of the molecule is CC1CSCCN1C(N)=S.